The van der Waals surface area contributed by atoms with Crippen LogP contribution < -0.4 is 9.47 Å². The van der Waals surface area contributed by atoms with Gasteiger partial charge in [-0.2, -0.15) is 0 Å². The van der Waals surface area contributed by atoms with Crippen molar-refractivity contribution < 1.29 is 9.47 Å². The maximum absolute atomic E-state index is 6.06. The molecule has 0 unspecified atom stereocenters. The normalized spacial score (nSPS) is 10.4. The molecule has 0 aliphatic rings. The minimum absolute atomic E-state index is 0.498. The lowest BCUT2D eigenvalue weighted by atomic mass is 10.1. The summed E-state index contributed by atoms with van der Waals surface area (Å²) in [6, 6.07) is 11.9. The molecule has 0 saturated heterocycles. The van der Waals surface area contributed by atoms with Crippen LogP contribution in [0, 0.1) is 6.92 Å². The Hall–Kier alpha value is -1.19. The molecular formula is C16H16BrClO2. The molecule has 2 aromatic carbocycles. The van der Waals surface area contributed by atoms with Gasteiger partial charge >= 0.3 is 0 Å². The zero-order chi connectivity index (χ0) is 14.5. The van der Waals surface area contributed by atoms with Crippen molar-refractivity contribution in [1.29, 1.82) is 0 Å². The summed E-state index contributed by atoms with van der Waals surface area (Å²) < 4.78 is 11.3. The van der Waals surface area contributed by atoms with Gasteiger partial charge in [0.05, 0.1) is 7.11 Å². The number of rotatable bonds is 5. The van der Waals surface area contributed by atoms with E-state index in [0.717, 1.165) is 16.9 Å². The number of hydrogen-bond donors (Lipinski definition) is 0. The molecule has 0 atom stereocenters. The van der Waals surface area contributed by atoms with Gasteiger partial charge in [-0.05, 0) is 18.6 Å². The molecular weight excluding hydrogens is 340 g/mol. The summed E-state index contributed by atoms with van der Waals surface area (Å²) in [5.41, 5.74) is 3.33. The standard InChI is InChI=1S/C16H16BrClO2/c1-11-3-5-12(6-4-11)10-20-16-13(9-17)7-14(18)8-15(16)19-2/h3-8H,9-10H2,1-2H3. The van der Waals surface area contributed by atoms with Crippen molar-refractivity contribution in [3.05, 3.63) is 58.1 Å². The first kappa shape index (κ1) is 15.2. The van der Waals surface area contributed by atoms with E-state index in [-0.39, 0.29) is 0 Å². The molecule has 106 valence electrons. The fraction of sp³-hybridized carbons (Fsp3) is 0.250. The Kier molecular flexibility index (Phi) is 5.32. The highest BCUT2D eigenvalue weighted by atomic mass is 79.9. The van der Waals surface area contributed by atoms with E-state index in [0.29, 0.717) is 22.7 Å². The summed E-state index contributed by atoms with van der Waals surface area (Å²) in [6.07, 6.45) is 0. The highest BCUT2D eigenvalue weighted by molar-refractivity contribution is 9.08. The van der Waals surface area contributed by atoms with Crippen LogP contribution in [0.25, 0.3) is 0 Å². The minimum atomic E-state index is 0.498. The number of benzene rings is 2. The number of methoxy groups -OCH3 is 1. The Bertz CT molecular complexity index is 557. The Morgan fingerprint density at radius 3 is 2.45 bits per heavy atom. The quantitative estimate of drug-likeness (QED) is 0.692. The van der Waals surface area contributed by atoms with Crippen LogP contribution in [0.15, 0.2) is 36.4 Å². The molecule has 0 spiro atoms. The van der Waals surface area contributed by atoms with Gasteiger partial charge in [-0.3, -0.25) is 0 Å². The maximum atomic E-state index is 6.06. The number of aryl methyl sites for hydroxylation is 1. The summed E-state index contributed by atoms with van der Waals surface area (Å²) in [7, 11) is 1.61. The van der Waals surface area contributed by atoms with E-state index in [9.17, 15) is 0 Å². The molecule has 0 aliphatic carbocycles. The zero-order valence-electron chi connectivity index (χ0n) is 11.5. The fourth-order valence-corrected chi connectivity index (χ4v) is 2.52. The van der Waals surface area contributed by atoms with Crippen molar-refractivity contribution in [2.24, 2.45) is 0 Å². The lowest BCUT2D eigenvalue weighted by Crippen LogP contribution is -2.00. The van der Waals surface area contributed by atoms with Gasteiger partial charge in [0.2, 0.25) is 0 Å². The monoisotopic (exact) mass is 354 g/mol. The van der Waals surface area contributed by atoms with Crippen molar-refractivity contribution in [2.45, 2.75) is 18.9 Å². The van der Waals surface area contributed by atoms with Gasteiger partial charge in [0.1, 0.15) is 6.61 Å². The van der Waals surface area contributed by atoms with E-state index in [2.05, 4.69) is 47.1 Å². The van der Waals surface area contributed by atoms with E-state index in [1.54, 1.807) is 13.2 Å². The molecule has 0 radical (unpaired) electrons. The average molecular weight is 356 g/mol. The molecule has 2 nitrogen and oxygen atoms in total. The summed E-state index contributed by atoms with van der Waals surface area (Å²) >= 11 is 9.51. The van der Waals surface area contributed by atoms with Crippen molar-refractivity contribution in [3.63, 3.8) is 0 Å². The topological polar surface area (TPSA) is 18.5 Å². The van der Waals surface area contributed by atoms with Crippen LogP contribution in [0.3, 0.4) is 0 Å². The predicted molar refractivity (Wildman–Crippen MR) is 86.1 cm³/mol. The van der Waals surface area contributed by atoms with Crippen LogP contribution in [-0.2, 0) is 11.9 Å². The molecule has 0 bridgehead atoms. The Morgan fingerprint density at radius 1 is 1.15 bits per heavy atom. The highest BCUT2D eigenvalue weighted by Crippen LogP contribution is 2.36. The van der Waals surface area contributed by atoms with E-state index in [1.807, 2.05) is 6.07 Å². The van der Waals surface area contributed by atoms with E-state index < -0.39 is 0 Å². The first-order valence-corrected chi connectivity index (χ1v) is 7.74. The smallest absolute Gasteiger partial charge is 0.165 e. The van der Waals surface area contributed by atoms with Gasteiger partial charge in [-0.25, -0.2) is 0 Å². The molecule has 0 heterocycles. The van der Waals surface area contributed by atoms with Crippen LogP contribution in [0.4, 0.5) is 0 Å². The number of halogens is 2. The average Bonchev–Trinajstić information content (AvgIpc) is 2.46. The second kappa shape index (κ2) is 7.00. The van der Waals surface area contributed by atoms with Crippen molar-refractivity contribution in [2.75, 3.05) is 7.11 Å². The van der Waals surface area contributed by atoms with Gasteiger partial charge in [0.15, 0.2) is 11.5 Å². The second-order valence-corrected chi connectivity index (χ2v) is 5.50. The van der Waals surface area contributed by atoms with Crippen molar-refractivity contribution in [1.82, 2.24) is 0 Å². The molecule has 20 heavy (non-hydrogen) atoms. The van der Waals surface area contributed by atoms with Crippen LogP contribution in [0.5, 0.6) is 11.5 Å². The minimum Gasteiger partial charge on any atom is -0.493 e. The third-order valence-electron chi connectivity index (χ3n) is 2.96. The van der Waals surface area contributed by atoms with Gasteiger partial charge < -0.3 is 9.47 Å². The first-order chi connectivity index (χ1) is 9.63. The summed E-state index contributed by atoms with van der Waals surface area (Å²) in [5.74, 6) is 1.38. The summed E-state index contributed by atoms with van der Waals surface area (Å²) in [5, 5.41) is 1.30. The molecule has 0 N–H and O–H groups in total. The van der Waals surface area contributed by atoms with E-state index in [1.165, 1.54) is 5.56 Å². The second-order valence-electron chi connectivity index (χ2n) is 4.50. The SMILES string of the molecule is COc1cc(Cl)cc(CBr)c1OCc1ccc(C)cc1. The van der Waals surface area contributed by atoms with Crippen LogP contribution in [-0.4, -0.2) is 7.11 Å². The number of hydrogen-bond acceptors (Lipinski definition) is 2. The molecule has 0 aromatic heterocycles. The van der Waals surface area contributed by atoms with E-state index in [4.69, 9.17) is 21.1 Å². The van der Waals surface area contributed by atoms with Crippen LogP contribution in [0.1, 0.15) is 16.7 Å². The maximum Gasteiger partial charge on any atom is 0.165 e. The molecule has 0 aliphatic heterocycles. The number of ether oxygens (including phenoxy) is 2. The molecule has 2 aromatic rings. The molecule has 0 amide bonds. The van der Waals surface area contributed by atoms with Crippen molar-refractivity contribution in [3.8, 4) is 11.5 Å². The highest BCUT2D eigenvalue weighted by Gasteiger charge is 2.12. The molecule has 4 heteroatoms. The Labute approximate surface area is 132 Å². The lowest BCUT2D eigenvalue weighted by Gasteiger charge is -2.15. The first-order valence-electron chi connectivity index (χ1n) is 6.24. The summed E-state index contributed by atoms with van der Waals surface area (Å²) in [6.45, 7) is 2.56. The number of alkyl halides is 1. The fourth-order valence-electron chi connectivity index (χ4n) is 1.88. The van der Waals surface area contributed by atoms with Gasteiger partial charge in [-0.15, -0.1) is 0 Å². The predicted octanol–water partition coefficient (Wildman–Crippen LogP) is 5.13. The zero-order valence-corrected chi connectivity index (χ0v) is 13.8. The lowest BCUT2D eigenvalue weighted by molar-refractivity contribution is 0.282. The van der Waals surface area contributed by atoms with Gasteiger partial charge in [-0.1, -0.05) is 57.4 Å². The van der Waals surface area contributed by atoms with Crippen molar-refractivity contribution >= 4 is 27.5 Å². The summed E-state index contributed by atoms with van der Waals surface area (Å²) in [4.78, 5) is 0. The largest absolute Gasteiger partial charge is 0.493 e. The van der Waals surface area contributed by atoms with Gasteiger partial charge in [0.25, 0.3) is 0 Å². The molecule has 2 rings (SSSR count). The van der Waals surface area contributed by atoms with Crippen LogP contribution >= 0.6 is 27.5 Å². The third-order valence-corrected chi connectivity index (χ3v) is 3.79. The Balaban J connectivity index is 2.21. The molecule has 0 fully saturated rings. The Morgan fingerprint density at radius 2 is 1.85 bits per heavy atom. The van der Waals surface area contributed by atoms with Crippen LogP contribution in [0.2, 0.25) is 5.02 Å². The van der Waals surface area contributed by atoms with E-state index >= 15 is 0 Å². The molecule has 0 saturated carbocycles. The van der Waals surface area contributed by atoms with Gasteiger partial charge in [0, 0.05) is 22.0 Å². The third kappa shape index (κ3) is 3.68.